The standard InChI is InChI=1S/C13H9ClF4N2/c14-7-2-1-3-8(15)10(7)13(20-19)6-4-5-9(16)12(18)11(6)17/h1-5,13,20H,19H2. The molecule has 2 rings (SSSR count). The fraction of sp³-hybridized carbons (Fsp3) is 0.0769. The monoisotopic (exact) mass is 304 g/mol. The van der Waals surface area contributed by atoms with E-state index >= 15 is 0 Å². The molecular formula is C13H9ClF4N2. The highest BCUT2D eigenvalue weighted by Crippen LogP contribution is 2.32. The van der Waals surface area contributed by atoms with Crippen molar-refractivity contribution in [1.29, 1.82) is 0 Å². The van der Waals surface area contributed by atoms with E-state index in [-0.39, 0.29) is 16.1 Å². The molecule has 0 saturated carbocycles. The van der Waals surface area contributed by atoms with Crippen molar-refractivity contribution in [3.05, 3.63) is 69.8 Å². The van der Waals surface area contributed by atoms with Gasteiger partial charge < -0.3 is 0 Å². The topological polar surface area (TPSA) is 38.0 Å². The molecule has 2 aromatic carbocycles. The van der Waals surface area contributed by atoms with Crippen LogP contribution in [0.15, 0.2) is 30.3 Å². The largest absolute Gasteiger partial charge is 0.271 e. The minimum atomic E-state index is -1.66. The van der Waals surface area contributed by atoms with Crippen LogP contribution in [-0.4, -0.2) is 0 Å². The lowest BCUT2D eigenvalue weighted by atomic mass is 9.98. The smallest absolute Gasteiger partial charge is 0.194 e. The van der Waals surface area contributed by atoms with Gasteiger partial charge in [0.25, 0.3) is 0 Å². The lowest BCUT2D eigenvalue weighted by molar-refractivity contribution is 0.431. The summed E-state index contributed by atoms with van der Waals surface area (Å²) in [7, 11) is 0. The Morgan fingerprint density at radius 1 is 0.950 bits per heavy atom. The first-order valence-electron chi connectivity index (χ1n) is 5.50. The predicted molar refractivity (Wildman–Crippen MR) is 66.9 cm³/mol. The molecule has 2 aromatic rings. The van der Waals surface area contributed by atoms with Gasteiger partial charge in [0, 0.05) is 16.1 Å². The Labute approximate surface area is 117 Å². The highest BCUT2D eigenvalue weighted by atomic mass is 35.5. The lowest BCUT2D eigenvalue weighted by Crippen LogP contribution is -2.30. The first kappa shape index (κ1) is 14.8. The summed E-state index contributed by atoms with van der Waals surface area (Å²) in [4.78, 5) is 0. The van der Waals surface area contributed by atoms with Gasteiger partial charge in [0.05, 0.1) is 6.04 Å². The number of nitrogens with two attached hydrogens (primary N) is 1. The van der Waals surface area contributed by atoms with Gasteiger partial charge in [-0.25, -0.2) is 23.0 Å². The molecule has 1 atom stereocenters. The molecule has 0 bridgehead atoms. The molecule has 0 aliphatic heterocycles. The number of halogens is 5. The summed E-state index contributed by atoms with van der Waals surface area (Å²) in [5.74, 6) is 0.0732. The molecule has 7 heteroatoms. The van der Waals surface area contributed by atoms with Gasteiger partial charge in [0.1, 0.15) is 5.82 Å². The Bertz CT molecular complexity index is 628. The molecule has 2 nitrogen and oxygen atoms in total. The molecular weight excluding hydrogens is 296 g/mol. The average Bonchev–Trinajstić information content (AvgIpc) is 2.42. The quantitative estimate of drug-likeness (QED) is 0.394. The molecule has 106 valence electrons. The highest BCUT2D eigenvalue weighted by Gasteiger charge is 2.25. The first-order chi connectivity index (χ1) is 9.47. The Morgan fingerprint density at radius 3 is 2.25 bits per heavy atom. The molecule has 0 saturated heterocycles. The van der Waals surface area contributed by atoms with Crippen molar-refractivity contribution in [1.82, 2.24) is 5.43 Å². The number of nitrogens with one attached hydrogen (secondary N) is 1. The Morgan fingerprint density at radius 2 is 1.65 bits per heavy atom. The van der Waals surface area contributed by atoms with Crippen molar-refractivity contribution in [3.63, 3.8) is 0 Å². The van der Waals surface area contributed by atoms with Gasteiger partial charge in [-0.2, -0.15) is 0 Å². The molecule has 0 aliphatic carbocycles. The van der Waals surface area contributed by atoms with Crippen LogP contribution in [0.3, 0.4) is 0 Å². The van der Waals surface area contributed by atoms with Crippen LogP contribution in [0.4, 0.5) is 17.6 Å². The highest BCUT2D eigenvalue weighted by molar-refractivity contribution is 6.31. The molecule has 0 fully saturated rings. The molecule has 0 aromatic heterocycles. The summed E-state index contributed by atoms with van der Waals surface area (Å²) >= 11 is 5.85. The van der Waals surface area contributed by atoms with Crippen molar-refractivity contribution in [2.45, 2.75) is 6.04 Å². The summed E-state index contributed by atoms with van der Waals surface area (Å²) in [5.41, 5.74) is 1.65. The molecule has 0 spiro atoms. The van der Waals surface area contributed by atoms with Crippen LogP contribution in [0.25, 0.3) is 0 Å². The third-order valence-corrected chi connectivity index (χ3v) is 3.16. The molecule has 0 heterocycles. The SMILES string of the molecule is NNC(c1ccc(F)c(F)c1F)c1c(F)cccc1Cl. The maximum atomic E-state index is 13.8. The van der Waals surface area contributed by atoms with Crippen LogP contribution in [-0.2, 0) is 0 Å². The number of benzene rings is 2. The van der Waals surface area contributed by atoms with E-state index in [1.165, 1.54) is 12.1 Å². The molecule has 0 amide bonds. The second-order valence-electron chi connectivity index (χ2n) is 4.00. The van der Waals surface area contributed by atoms with Crippen LogP contribution in [0.5, 0.6) is 0 Å². The number of hydrazine groups is 1. The summed E-state index contributed by atoms with van der Waals surface area (Å²) < 4.78 is 53.8. The van der Waals surface area contributed by atoms with E-state index < -0.39 is 29.3 Å². The Hall–Kier alpha value is -1.63. The summed E-state index contributed by atoms with van der Waals surface area (Å²) in [6.07, 6.45) is 0. The van der Waals surface area contributed by atoms with Crippen molar-refractivity contribution in [2.24, 2.45) is 5.84 Å². The predicted octanol–water partition coefficient (Wildman–Crippen LogP) is 3.45. The fourth-order valence-electron chi connectivity index (χ4n) is 1.88. The summed E-state index contributed by atoms with van der Waals surface area (Å²) in [6, 6.07) is 4.29. The van der Waals surface area contributed by atoms with Gasteiger partial charge in [-0.15, -0.1) is 0 Å². The summed E-state index contributed by atoms with van der Waals surface area (Å²) in [5, 5.41) is -0.0166. The first-order valence-corrected chi connectivity index (χ1v) is 5.88. The third kappa shape index (κ3) is 2.49. The van der Waals surface area contributed by atoms with Crippen molar-refractivity contribution < 1.29 is 17.6 Å². The van der Waals surface area contributed by atoms with E-state index in [0.29, 0.717) is 0 Å². The molecule has 1 unspecified atom stereocenters. The van der Waals surface area contributed by atoms with Gasteiger partial charge >= 0.3 is 0 Å². The molecule has 20 heavy (non-hydrogen) atoms. The summed E-state index contributed by atoms with van der Waals surface area (Å²) in [6.45, 7) is 0. The second-order valence-corrected chi connectivity index (χ2v) is 4.41. The average molecular weight is 305 g/mol. The number of hydrogen-bond acceptors (Lipinski definition) is 2. The van der Waals surface area contributed by atoms with E-state index in [4.69, 9.17) is 17.4 Å². The van der Waals surface area contributed by atoms with Crippen molar-refractivity contribution in [3.8, 4) is 0 Å². The van der Waals surface area contributed by atoms with E-state index in [9.17, 15) is 17.6 Å². The van der Waals surface area contributed by atoms with Crippen LogP contribution < -0.4 is 11.3 Å². The van der Waals surface area contributed by atoms with Crippen molar-refractivity contribution >= 4 is 11.6 Å². The maximum Gasteiger partial charge on any atom is 0.194 e. The Balaban J connectivity index is 2.62. The fourth-order valence-corrected chi connectivity index (χ4v) is 2.15. The van der Waals surface area contributed by atoms with E-state index in [1.807, 2.05) is 0 Å². The minimum absolute atomic E-state index is 0.0166. The number of rotatable bonds is 3. The van der Waals surface area contributed by atoms with Gasteiger partial charge in [-0.1, -0.05) is 23.7 Å². The third-order valence-electron chi connectivity index (χ3n) is 2.83. The lowest BCUT2D eigenvalue weighted by Gasteiger charge is -2.19. The zero-order valence-electron chi connectivity index (χ0n) is 9.93. The number of hydrogen-bond donors (Lipinski definition) is 2. The second kappa shape index (κ2) is 5.78. The van der Waals surface area contributed by atoms with Gasteiger partial charge in [-0.3, -0.25) is 5.84 Å². The normalized spacial score (nSPS) is 12.5. The van der Waals surface area contributed by atoms with Gasteiger partial charge in [-0.05, 0) is 18.2 Å². The zero-order chi connectivity index (χ0) is 14.9. The van der Waals surface area contributed by atoms with Crippen LogP contribution >= 0.6 is 11.6 Å². The van der Waals surface area contributed by atoms with E-state index in [0.717, 1.165) is 18.2 Å². The van der Waals surface area contributed by atoms with Crippen LogP contribution in [0.1, 0.15) is 17.2 Å². The minimum Gasteiger partial charge on any atom is -0.271 e. The van der Waals surface area contributed by atoms with Crippen LogP contribution in [0.2, 0.25) is 5.02 Å². The van der Waals surface area contributed by atoms with Gasteiger partial charge in [0.2, 0.25) is 0 Å². The molecule has 3 N–H and O–H groups in total. The molecule has 0 radical (unpaired) electrons. The van der Waals surface area contributed by atoms with Crippen LogP contribution in [0, 0.1) is 23.3 Å². The van der Waals surface area contributed by atoms with E-state index in [1.54, 1.807) is 0 Å². The van der Waals surface area contributed by atoms with E-state index in [2.05, 4.69) is 5.43 Å². The van der Waals surface area contributed by atoms with Gasteiger partial charge in [0.15, 0.2) is 17.5 Å². The zero-order valence-corrected chi connectivity index (χ0v) is 10.7. The molecule has 0 aliphatic rings. The maximum absolute atomic E-state index is 13.8. The van der Waals surface area contributed by atoms with Crippen molar-refractivity contribution in [2.75, 3.05) is 0 Å². The Kier molecular flexibility index (Phi) is 4.27.